The van der Waals surface area contributed by atoms with E-state index >= 15 is 0 Å². The van der Waals surface area contributed by atoms with E-state index in [0.717, 1.165) is 0 Å². The SMILES string of the molecule is O=C1c2cc(F)ccc2COc2cc3c(cc21)OCO3. The van der Waals surface area contributed by atoms with Crippen LogP contribution in [0.5, 0.6) is 17.2 Å². The number of rotatable bonds is 0. The summed E-state index contributed by atoms with van der Waals surface area (Å²) in [6, 6.07) is 7.34. The Balaban J connectivity index is 1.91. The van der Waals surface area contributed by atoms with Crippen LogP contribution in [0.4, 0.5) is 4.39 Å². The molecule has 0 aromatic heterocycles. The van der Waals surface area contributed by atoms with Crippen molar-refractivity contribution in [1.29, 1.82) is 0 Å². The number of hydrogen-bond donors (Lipinski definition) is 0. The van der Waals surface area contributed by atoms with Gasteiger partial charge in [0.15, 0.2) is 17.3 Å². The van der Waals surface area contributed by atoms with E-state index in [2.05, 4.69) is 0 Å². The molecule has 0 unspecified atom stereocenters. The molecule has 0 fully saturated rings. The van der Waals surface area contributed by atoms with E-state index in [-0.39, 0.29) is 19.2 Å². The van der Waals surface area contributed by atoms with Crippen LogP contribution in [0, 0.1) is 5.82 Å². The number of benzene rings is 2. The van der Waals surface area contributed by atoms with Gasteiger partial charge in [0.1, 0.15) is 18.2 Å². The van der Waals surface area contributed by atoms with Gasteiger partial charge < -0.3 is 14.2 Å². The molecule has 0 radical (unpaired) electrons. The average molecular weight is 272 g/mol. The van der Waals surface area contributed by atoms with Crippen molar-refractivity contribution in [3.05, 3.63) is 52.8 Å². The van der Waals surface area contributed by atoms with Crippen LogP contribution < -0.4 is 14.2 Å². The Bertz CT molecular complexity index is 739. The summed E-state index contributed by atoms with van der Waals surface area (Å²) in [6.07, 6.45) is 0. The molecule has 4 rings (SSSR count). The molecule has 2 aliphatic rings. The number of halogens is 1. The number of ketones is 1. The van der Waals surface area contributed by atoms with Gasteiger partial charge in [0.2, 0.25) is 6.79 Å². The molecule has 2 aromatic rings. The second kappa shape index (κ2) is 3.96. The van der Waals surface area contributed by atoms with Crippen molar-refractivity contribution in [2.45, 2.75) is 6.61 Å². The van der Waals surface area contributed by atoms with Crippen molar-refractivity contribution < 1.29 is 23.4 Å². The van der Waals surface area contributed by atoms with Crippen molar-refractivity contribution in [1.82, 2.24) is 0 Å². The number of ether oxygens (including phenoxy) is 3. The maximum atomic E-state index is 13.4. The fraction of sp³-hybridized carbons (Fsp3) is 0.133. The lowest BCUT2D eigenvalue weighted by molar-refractivity contribution is 0.103. The van der Waals surface area contributed by atoms with Gasteiger partial charge >= 0.3 is 0 Å². The van der Waals surface area contributed by atoms with Crippen molar-refractivity contribution in [2.24, 2.45) is 0 Å². The average Bonchev–Trinajstić information content (AvgIpc) is 2.86. The molecule has 2 aliphatic heterocycles. The van der Waals surface area contributed by atoms with Crippen molar-refractivity contribution in [2.75, 3.05) is 6.79 Å². The summed E-state index contributed by atoms with van der Waals surface area (Å²) < 4.78 is 29.5. The molecule has 20 heavy (non-hydrogen) atoms. The maximum Gasteiger partial charge on any atom is 0.231 e. The van der Waals surface area contributed by atoms with Gasteiger partial charge in [0.25, 0.3) is 0 Å². The molecule has 5 heteroatoms. The molecule has 2 heterocycles. The summed E-state index contributed by atoms with van der Waals surface area (Å²) in [4.78, 5) is 12.5. The Kier molecular flexibility index (Phi) is 2.24. The standard InChI is InChI=1S/C15H9FO4/c16-9-2-1-8-6-18-12-5-14-13(19-7-20-14)4-11(12)15(17)10(8)3-9/h1-5H,6-7H2. The van der Waals surface area contributed by atoms with E-state index in [0.29, 0.717) is 33.9 Å². The van der Waals surface area contributed by atoms with Crippen molar-refractivity contribution in [3.8, 4) is 17.2 Å². The Morgan fingerprint density at radius 1 is 0.900 bits per heavy atom. The number of hydrogen-bond acceptors (Lipinski definition) is 4. The monoisotopic (exact) mass is 272 g/mol. The first-order valence-corrected chi connectivity index (χ1v) is 6.12. The van der Waals surface area contributed by atoms with Crippen LogP contribution in [0.3, 0.4) is 0 Å². The lowest BCUT2D eigenvalue weighted by Gasteiger charge is -2.07. The Morgan fingerprint density at radius 2 is 1.70 bits per heavy atom. The summed E-state index contributed by atoms with van der Waals surface area (Å²) in [5.74, 6) is 0.761. The number of carbonyl (C=O) groups excluding carboxylic acids is 1. The minimum absolute atomic E-state index is 0.123. The highest BCUT2D eigenvalue weighted by Gasteiger charge is 2.27. The predicted molar refractivity (Wildman–Crippen MR) is 66.7 cm³/mol. The van der Waals surface area contributed by atoms with Gasteiger partial charge in [-0.3, -0.25) is 4.79 Å². The summed E-state index contributed by atoms with van der Waals surface area (Å²) >= 11 is 0. The highest BCUT2D eigenvalue weighted by molar-refractivity contribution is 6.12. The van der Waals surface area contributed by atoms with Crippen LogP contribution in [0.25, 0.3) is 0 Å². The quantitative estimate of drug-likeness (QED) is 0.739. The zero-order valence-corrected chi connectivity index (χ0v) is 10.3. The summed E-state index contributed by atoms with van der Waals surface area (Å²) in [7, 11) is 0. The van der Waals surface area contributed by atoms with Crippen molar-refractivity contribution in [3.63, 3.8) is 0 Å². The minimum atomic E-state index is -0.443. The highest BCUT2D eigenvalue weighted by atomic mass is 19.1. The fourth-order valence-corrected chi connectivity index (χ4v) is 2.41. The van der Waals surface area contributed by atoms with Crippen LogP contribution in [-0.4, -0.2) is 12.6 Å². The summed E-state index contributed by atoms with van der Waals surface area (Å²) in [5.41, 5.74) is 1.34. The molecule has 0 amide bonds. The molecule has 0 saturated carbocycles. The minimum Gasteiger partial charge on any atom is -0.488 e. The third-order valence-corrected chi connectivity index (χ3v) is 3.42. The van der Waals surface area contributed by atoms with E-state index < -0.39 is 5.82 Å². The zero-order valence-electron chi connectivity index (χ0n) is 10.3. The summed E-state index contributed by atoms with van der Waals surface area (Å²) in [6.45, 7) is 0.339. The normalized spacial score (nSPS) is 15.2. The molecule has 0 N–H and O–H groups in total. The van der Waals surface area contributed by atoms with E-state index in [1.54, 1.807) is 18.2 Å². The number of carbonyl (C=O) groups is 1. The molecular formula is C15H9FO4. The van der Waals surface area contributed by atoms with Gasteiger partial charge in [-0.15, -0.1) is 0 Å². The first-order valence-electron chi connectivity index (χ1n) is 6.12. The smallest absolute Gasteiger partial charge is 0.231 e. The van der Waals surface area contributed by atoms with E-state index in [1.165, 1.54) is 12.1 Å². The number of fused-ring (bicyclic) bond motifs is 3. The lowest BCUT2D eigenvalue weighted by Crippen LogP contribution is -2.03. The van der Waals surface area contributed by atoms with Gasteiger partial charge in [0.05, 0.1) is 5.56 Å². The van der Waals surface area contributed by atoms with Crippen LogP contribution in [0.1, 0.15) is 21.5 Å². The van der Waals surface area contributed by atoms with Crippen molar-refractivity contribution >= 4 is 5.78 Å². The first kappa shape index (κ1) is 11.3. The maximum absolute atomic E-state index is 13.4. The molecule has 0 saturated heterocycles. The highest BCUT2D eigenvalue weighted by Crippen LogP contribution is 2.40. The predicted octanol–water partition coefficient (Wildman–Crippen LogP) is 2.68. The van der Waals surface area contributed by atoms with Gasteiger partial charge in [-0.05, 0) is 18.2 Å². The van der Waals surface area contributed by atoms with Crippen LogP contribution in [-0.2, 0) is 6.61 Å². The molecule has 0 spiro atoms. The first-order chi connectivity index (χ1) is 9.72. The second-order valence-electron chi connectivity index (χ2n) is 4.62. The Morgan fingerprint density at radius 3 is 2.55 bits per heavy atom. The van der Waals surface area contributed by atoms with Crippen LogP contribution in [0.2, 0.25) is 0 Å². The molecular weight excluding hydrogens is 263 g/mol. The third-order valence-electron chi connectivity index (χ3n) is 3.42. The Hall–Kier alpha value is -2.56. The van der Waals surface area contributed by atoms with E-state index in [9.17, 15) is 9.18 Å². The molecule has 2 aromatic carbocycles. The van der Waals surface area contributed by atoms with Crippen LogP contribution >= 0.6 is 0 Å². The van der Waals surface area contributed by atoms with E-state index in [4.69, 9.17) is 14.2 Å². The zero-order chi connectivity index (χ0) is 13.7. The third kappa shape index (κ3) is 1.56. The molecule has 0 atom stereocenters. The van der Waals surface area contributed by atoms with Gasteiger partial charge in [-0.25, -0.2) is 4.39 Å². The van der Waals surface area contributed by atoms with Gasteiger partial charge in [-0.1, -0.05) is 6.07 Å². The fourth-order valence-electron chi connectivity index (χ4n) is 2.41. The summed E-state index contributed by atoms with van der Waals surface area (Å²) in [5, 5.41) is 0. The van der Waals surface area contributed by atoms with Gasteiger partial charge in [0, 0.05) is 17.2 Å². The van der Waals surface area contributed by atoms with E-state index in [1.807, 2.05) is 0 Å². The van der Waals surface area contributed by atoms with Crippen LogP contribution in [0.15, 0.2) is 30.3 Å². The molecule has 0 bridgehead atoms. The second-order valence-corrected chi connectivity index (χ2v) is 4.62. The molecule has 0 aliphatic carbocycles. The Labute approximate surface area is 113 Å². The van der Waals surface area contributed by atoms with Gasteiger partial charge in [-0.2, -0.15) is 0 Å². The topological polar surface area (TPSA) is 44.8 Å². The molecule has 100 valence electrons. The largest absolute Gasteiger partial charge is 0.488 e. The molecule has 4 nitrogen and oxygen atoms in total. The lowest BCUT2D eigenvalue weighted by atomic mass is 9.99.